The third kappa shape index (κ3) is 4.79. The quantitative estimate of drug-likeness (QED) is 0.525. The first-order valence-electron chi connectivity index (χ1n) is 11.5. The Morgan fingerprint density at radius 3 is 2.06 bits per heavy atom. The summed E-state index contributed by atoms with van der Waals surface area (Å²) in [5, 5.41) is 12.9. The molecule has 0 bridgehead atoms. The summed E-state index contributed by atoms with van der Waals surface area (Å²) in [6, 6.07) is 14.0. The van der Waals surface area contributed by atoms with Crippen molar-refractivity contribution < 1.29 is 14.2 Å². The van der Waals surface area contributed by atoms with Crippen LogP contribution in [0, 0.1) is 0 Å². The van der Waals surface area contributed by atoms with Crippen molar-refractivity contribution >= 4 is 5.69 Å². The van der Waals surface area contributed by atoms with Crippen molar-refractivity contribution in [3.63, 3.8) is 0 Å². The summed E-state index contributed by atoms with van der Waals surface area (Å²) in [5.74, 6) is 3.17. The maximum absolute atomic E-state index is 5.79. The molecule has 1 aliphatic heterocycles. The van der Waals surface area contributed by atoms with E-state index in [4.69, 9.17) is 14.2 Å². The van der Waals surface area contributed by atoms with Crippen molar-refractivity contribution in [1.82, 2.24) is 25.1 Å². The fourth-order valence-electron chi connectivity index (χ4n) is 4.42. The van der Waals surface area contributed by atoms with Crippen LogP contribution in [0.25, 0.3) is 0 Å². The van der Waals surface area contributed by atoms with Gasteiger partial charge in [0.15, 0.2) is 5.82 Å². The Kier molecular flexibility index (Phi) is 6.92. The highest BCUT2D eigenvalue weighted by Crippen LogP contribution is 2.37. The minimum atomic E-state index is -0.262. The van der Waals surface area contributed by atoms with Crippen LogP contribution in [0.3, 0.4) is 0 Å². The van der Waals surface area contributed by atoms with Gasteiger partial charge in [0, 0.05) is 43.5 Å². The molecule has 9 nitrogen and oxygen atoms in total. The van der Waals surface area contributed by atoms with E-state index in [9.17, 15) is 0 Å². The third-order valence-corrected chi connectivity index (χ3v) is 6.23. The lowest BCUT2D eigenvalue weighted by molar-refractivity contribution is 0.188. The Morgan fingerprint density at radius 2 is 1.47 bits per heavy atom. The molecule has 1 aromatic heterocycles. The van der Waals surface area contributed by atoms with E-state index < -0.39 is 0 Å². The van der Waals surface area contributed by atoms with Crippen molar-refractivity contribution in [2.75, 3.05) is 52.4 Å². The van der Waals surface area contributed by atoms with E-state index in [2.05, 4.69) is 64.3 Å². The second-order valence-electron chi connectivity index (χ2n) is 9.35. The Hall–Kier alpha value is -3.33. The first-order valence-corrected chi connectivity index (χ1v) is 11.5. The van der Waals surface area contributed by atoms with Gasteiger partial charge >= 0.3 is 0 Å². The number of benzene rings is 2. The van der Waals surface area contributed by atoms with Gasteiger partial charge in [-0.3, -0.25) is 4.90 Å². The van der Waals surface area contributed by atoms with Crippen molar-refractivity contribution in [1.29, 1.82) is 0 Å². The highest BCUT2D eigenvalue weighted by atomic mass is 16.5. The van der Waals surface area contributed by atoms with E-state index >= 15 is 0 Å². The molecule has 1 aliphatic rings. The van der Waals surface area contributed by atoms with Crippen LogP contribution >= 0.6 is 0 Å². The number of hydrogen-bond acceptors (Lipinski definition) is 8. The van der Waals surface area contributed by atoms with Crippen molar-refractivity contribution in [3.8, 4) is 17.2 Å². The largest absolute Gasteiger partial charge is 0.497 e. The van der Waals surface area contributed by atoms with E-state index in [1.54, 1.807) is 21.3 Å². The lowest BCUT2D eigenvalue weighted by Crippen LogP contribution is -2.48. The summed E-state index contributed by atoms with van der Waals surface area (Å²) in [5.41, 5.74) is 1.95. The molecule has 0 unspecified atom stereocenters. The lowest BCUT2D eigenvalue weighted by Gasteiger charge is -2.40. The fraction of sp³-hybridized carbons (Fsp3) is 0.480. The number of tetrazole rings is 1. The third-order valence-electron chi connectivity index (χ3n) is 6.23. The Balaban J connectivity index is 1.67. The standard InChI is InChI=1S/C25H34N6O3/c1-25(2,3)31-24(26-27-28-31)23(21-12-11-20(33-5)17-22(21)34-6)30-15-13-29(14-16-30)18-7-9-19(32-4)10-8-18/h7-12,17,23H,13-16H2,1-6H3/t23-/m0/s1. The van der Waals surface area contributed by atoms with E-state index in [-0.39, 0.29) is 11.6 Å². The van der Waals surface area contributed by atoms with Gasteiger partial charge in [-0.15, -0.1) is 5.10 Å². The predicted octanol–water partition coefficient (Wildman–Crippen LogP) is 3.37. The van der Waals surface area contributed by atoms with Crippen LogP contribution < -0.4 is 19.1 Å². The lowest BCUT2D eigenvalue weighted by atomic mass is 10.00. The molecule has 1 atom stereocenters. The van der Waals surface area contributed by atoms with Crippen LogP contribution in [0.5, 0.6) is 17.2 Å². The van der Waals surface area contributed by atoms with Gasteiger partial charge in [0.1, 0.15) is 23.3 Å². The topological polar surface area (TPSA) is 77.8 Å². The molecule has 1 fully saturated rings. The minimum Gasteiger partial charge on any atom is -0.497 e. The molecule has 2 heterocycles. The number of aromatic nitrogens is 4. The number of piperazine rings is 1. The Labute approximate surface area is 201 Å². The molecule has 0 N–H and O–H groups in total. The second-order valence-corrected chi connectivity index (χ2v) is 9.35. The van der Waals surface area contributed by atoms with E-state index in [0.717, 1.165) is 54.8 Å². The number of methoxy groups -OCH3 is 3. The Bertz CT molecular complexity index is 1080. The van der Waals surface area contributed by atoms with Gasteiger partial charge in [-0.05, 0) is 67.6 Å². The normalized spacial score (nSPS) is 15.8. The fourth-order valence-corrected chi connectivity index (χ4v) is 4.42. The summed E-state index contributed by atoms with van der Waals surface area (Å²) in [6.07, 6.45) is 0. The van der Waals surface area contributed by atoms with Crippen LogP contribution in [-0.4, -0.2) is 72.6 Å². The molecule has 3 aromatic rings. The molecular weight excluding hydrogens is 432 g/mol. The molecule has 0 amide bonds. The van der Waals surface area contributed by atoms with Gasteiger partial charge in [0.05, 0.1) is 26.9 Å². The molecule has 34 heavy (non-hydrogen) atoms. The zero-order valence-corrected chi connectivity index (χ0v) is 20.9. The van der Waals surface area contributed by atoms with E-state index in [1.807, 2.05) is 28.9 Å². The number of rotatable bonds is 7. The number of hydrogen-bond donors (Lipinski definition) is 0. The average molecular weight is 467 g/mol. The van der Waals surface area contributed by atoms with Gasteiger partial charge < -0.3 is 19.1 Å². The summed E-state index contributed by atoms with van der Waals surface area (Å²) < 4.78 is 18.4. The Morgan fingerprint density at radius 1 is 0.824 bits per heavy atom. The van der Waals surface area contributed by atoms with Gasteiger partial charge in [-0.25, -0.2) is 4.68 Å². The first kappa shape index (κ1) is 23.8. The monoisotopic (exact) mass is 466 g/mol. The molecule has 0 aliphatic carbocycles. The maximum atomic E-state index is 5.79. The van der Waals surface area contributed by atoms with E-state index in [1.165, 1.54) is 5.69 Å². The van der Waals surface area contributed by atoms with Crippen molar-refractivity contribution in [2.24, 2.45) is 0 Å². The molecule has 9 heteroatoms. The highest BCUT2D eigenvalue weighted by Gasteiger charge is 2.35. The zero-order chi connectivity index (χ0) is 24.3. The summed E-state index contributed by atoms with van der Waals surface area (Å²) in [7, 11) is 5.03. The molecule has 2 aromatic carbocycles. The van der Waals surface area contributed by atoms with Crippen molar-refractivity contribution in [3.05, 3.63) is 53.9 Å². The zero-order valence-electron chi connectivity index (χ0n) is 20.9. The van der Waals surface area contributed by atoms with Crippen molar-refractivity contribution in [2.45, 2.75) is 32.4 Å². The summed E-state index contributed by atoms with van der Waals surface area (Å²) in [6.45, 7) is 9.80. The SMILES string of the molecule is COc1ccc(N2CCN([C@@H](c3ccc(OC)cc3OC)c3nnnn3C(C)(C)C)CC2)cc1. The molecule has 0 spiro atoms. The smallest absolute Gasteiger partial charge is 0.173 e. The number of nitrogens with zero attached hydrogens (tertiary/aromatic N) is 6. The number of anilines is 1. The number of ether oxygens (including phenoxy) is 3. The second kappa shape index (κ2) is 9.89. The van der Waals surface area contributed by atoms with Gasteiger partial charge in [-0.2, -0.15) is 0 Å². The van der Waals surface area contributed by atoms with Crippen LogP contribution in [0.1, 0.15) is 38.2 Å². The summed E-state index contributed by atoms with van der Waals surface area (Å²) in [4.78, 5) is 4.82. The van der Waals surface area contributed by atoms with Crippen LogP contribution in [0.4, 0.5) is 5.69 Å². The maximum Gasteiger partial charge on any atom is 0.173 e. The average Bonchev–Trinajstić information content (AvgIpc) is 3.35. The van der Waals surface area contributed by atoms with Crippen LogP contribution in [0.2, 0.25) is 0 Å². The van der Waals surface area contributed by atoms with Gasteiger partial charge in [0.2, 0.25) is 0 Å². The highest BCUT2D eigenvalue weighted by molar-refractivity contribution is 5.50. The predicted molar refractivity (Wildman–Crippen MR) is 131 cm³/mol. The molecule has 0 radical (unpaired) electrons. The van der Waals surface area contributed by atoms with E-state index in [0.29, 0.717) is 0 Å². The first-order chi connectivity index (χ1) is 16.4. The summed E-state index contributed by atoms with van der Waals surface area (Å²) >= 11 is 0. The molecular formula is C25H34N6O3. The van der Waals surface area contributed by atoms with Crippen LogP contribution in [0.15, 0.2) is 42.5 Å². The molecule has 182 valence electrons. The molecule has 1 saturated heterocycles. The van der Waals surface area contributed by atoms with Crippen LogP contribution in [-0.2, 0) is 5.54 Å². The van der Waals surface area contributed by atoms with Gasteiger partial charge in [0.25, 0.3) is 0 Å². The molecule has 0 saturated carbocycles. The van der Waals surface area contributed by atoms with Gasteiger partial charge in [-0.1, -0.05) is 0 Å². The molecule has 4 rings (SSSR count). The minimum absolute atomic E-state index is 0.159.